The zero-order valence-electron chi connectivity index (χ0n) is 11.8. The minimum atomic E-state index is -0.448. The number of likely N-dealkylation sites (N-methyl/N-ethyl adjacent to an activating group) is 1. The van der Waals surface area contributed by atoms with E-state index in [0.29, 0.717) is 4.88 Å². The predicted octanol–water partition coefficient (Wildman–Crippen LogP) is 2.51. The molecule has 0 saturated carbocycles. The van der Waals surface area contributed by atoms with Crippen LogP contribution in [0.4, 0.5) is 4.39 Å². The molecule has 5 nitrogen and oxygen atoms in total. The fourth-order valence-corrected chi connectivity index (χ4v) is 3.32. The number of hydrogen-bond acceptors (Lipinski definition) is 5. The van der Waals surface area contributed by atoms with Gasteiger partial charge in [0.05, 0.1) is 23.3 Å². The van der Waals surface area contributed by atoms with Crippen molar-refractivity contribution < 1.29 is 9.18 Å². The molecule has 3 rings (SSSR count). The molecule has 1 aliphatic heterocycles. The first-order chi connectivity index (χ1) is 10.6. The average molecular weight is 341 g/mol. The molecule has 1 N–H and O–H groups in total. The Morgan fingerprint density at radius 2 is 2.36 bits per heavy atom. The van der Waals surface area contributed by atoms with Crippen molar-refractivity contribution in [1.29, 1.82) is 0 Å². The van der Waals surface area contributed by atoms with Crippen LogP contribution in [-0.4, -0.2) is 40.0 Å². The molecule has 0 unspecified atom stereocenters. The molecular formula is C14H14ClFN4OS. The highest BCUT2D eigenvalue weighted by Gasteiger charge is 2.34. The largest absolute Gasteiger partial charge is 0.347 e. The highest BCUT2D eigenvalue weighted by Crippen LogP contribution is 2.32. The Morgan fingerprint density at radius 3 is 3.05 bits per heavy atom. The van der Waals surface area contributed by atoms with Crippen LogP contribution in [0.1, 0.15) is 27.7 Å². The van der Waals surface area contributed by atoms with Gasteiger partial charge in [-0.25, -0.2) is 4.39 Å². The predicted molar refractivity (Wildman–Crippen MR) is 82.6 cm³/mol. The van der Waals surface area contributed by atoms with Gasteiger partial charge in [0.25, 0.3) is 5.91 Å². The molecule has 1 aromatic carbocycles. The summed E-state index contributed by atoms with van der Waals surface area (Å²) in [5.74, 6) is -0.647. The lowest BCUT2D eigenvalue weighted by atomic mass is 10.00. The summed E-state index contributed by atoms with van der Waals surface area (Å²) in [5.41, 5.74) is 0.801. The molecular weight excluding hydrogens is 327 g/mol. The van der Waals surface area contributed by atoms with Gasteiger partial charge in [0.2, 0.25) is 0 Å². The monoisotopic (exact) mass is 340 g/mol. The van der Waals surface area contributed by atoms with Crippen molar-refractivity contribution in [2.45, 2.75) is 18.5 Å². The Hall–Kier alpha value is -1.57. The second kappa shape index (κ2) is 6.28. The van der Waals surface area contributed by atoms with Gasteiger partial charge in [-0.2, -0.15) is 0 Å². The van der Waals surface area contributed by atoms with E-state index in [2.05, 4.69) is 19.8 Å². The molecule has 116 valence electrons. The average Bonchev–Trinajstić information content (AvgIpc) is 3.13. The van der Waals surface area contributed by atoms with Gasteiger partial charge in [0.1, 0.15) is 10.7 Å². The topological polar surface area (TPSA) is 58.1 Å². The molecule has 1 aromatic heterocycles. The molecule has 0 radical (unpaired) electrons. The van der Waals surface area contributed by atoms with E-state index >= 15 is 0 Å². The van der Waals surface area contributed by atoms with Crippen LogP contribution in [0, 0.1) is 5.82 Å². The number of nitrogens with zero attached hydrogens (tertiary/aromatic N) is 3. The molecule has 0 bridgehead atoms. The van der Waals surface area contributed by atoms with E-state index in [1.165, 1.54) is 12.3 Å². The fraction of sp³-hybridized carbons (Fsp3) is 0.357. The molecule has 2 aromatic rings. The highest BCUT2D eigenvalue weighted by atomic mass is 35.5. The molecule has 22 heavy (non-hydrogen) atoms. The maximum absolute atomic E-state index is 13.7. The molecule has 1 aliphatic rings. The molecule has 2 atom stereocenters. The zero-order chi connectivity index (χ0) is 15.7. The third-order valence-electron chi connectivity index (χ3n) is 3.84. The van der Waals surface area contributed by atoms with Gasteiger partial charge in [-0.05, 0) is 42.7 Å². The number of benzene rings is 1. The van der Waals surface area contributed by atoms with E-state index in [9.17, 15) is 9.18 Å². The number of hydrogen-bond donors (Lipinski definition) is 1. The Morgan fingerprint density at radius 1 is 1.55 bits per heavy atom. The third kappa shape index (κ3) is 2.97. The smallest absolute Gasteiger partial charge is 0.264 e. The number of aromatic nitrogens is 2. The molecule has 1 fully saturated rings. The van der Waals surface area contributed by atoms with Crippen molar-refractivity contribution in [3.63, 3.8) is 0 Å². The lowest BCUT2D eigenvalue weighted by Gasteiger charge is -2.26. The Bertz CT molecular complexity index is 681. The first-order valence-corrected chi connectivity index (χ1v) is 7.95. The SMILES string of the molecule is CN1CC[C@@H](NC(=O)c2cnns2)[C@H]1c1ccc(Cl)c(F)c1. The maximum atomic E-state index is 13.7. The minimum absolute atomic E-state index is 0.0865. The van der Waals surface area contributed by atoms with Crippen LogP contribution in [0.3, 0.4) is 0 Å². The van der Waals surface area contributed by atoms with Crippen molar-refractivity contribution in [1.82, 2.24) is 19.8 Å². The number of amides is 1. The second-order valence-corrected chi connectivity index (χ2v) is 6.44. The molecule has 2 heterocycles. The van der Waals surface area contributed by atoms with Crippen LogP contribution in [-0.2, 0) is 0 Å². The van der Waals surface area contributed by atoms with E-state index in [0.717, 1.165) is 30.1 Å². The minimum Gasteiger partial charge on any atom is -0.347 e. The van der Waals surface area contributed by atoms with Gasteiger partial charge in [0.15, 0.2) is 0 Å². The van der Waals surface area contributed by atoms with E-state index in [4.69, 9.17) is 11.6 Å². The summed E-state index contributed by atoms with van der Waals surface area (Å²) >= 11 is 6.79. The standard InChI is InChI=1S/C14H14ClFN4OS/c1-20-5-4-11(18-14(21)12-7-17-19-22-12)13(20)8-2-3-9(15)10(16)6-8/h2-3,6-7,11,13H,4-5H2,1H3,(H,18,21)/t11-,13-/m1/s1. The summed E-state index contributed by atoms with van der Waals surface area (Å²) in [6.07, 6.45) is 2.24. The van der Waals surface area contributed by atoms with Crippen molar-refractivity contribution in [2.75, 3.05) is 13.6 Å². The molecule has 0 spiro atoms. The first kappa shape index (κ1) is 15.3. The normalized spacial score (nSPS) is 22.0. The van der Waals surface area contributed by atoms with Gasteiger partial charge in [-0.1, -0.05) is 22.2 Å². The molecule has 1 amide bonds. The lowest BCUT2D eigenvalue weighted by Crippen LogP contribution is -2.38. The van der Waals surface area contributed by atoms with Crippen LogP contribution < -0.4 is 5.32 Å². The van der Waals surface area contributed by atoms with Gasteiger partial charge in [0, 0.05) is 6.54 Å². The van der Waals surface area contributed by atoms with Crippen LogP contribution in [0.15, 0.2) is 24.4 Å². The molecule has 0 aliphatic carbocycles. The zero-order valence-corrected chi connectivity index (χ0v) is 13.4. The Balaban J connectivity index is 1.81. The summed E-state index contributed by atoms with van der Waals surface area (Å²) in [5, 5.41) is 6.75. The maximum Gasteiger partial charge on any atom is 0.264 e. The van der Waals surface area contributed by atoms with Crippen LogP contribution in [0.25, 0.3) is 0 Å². The highest BCUT2D eigenvalue weighted by molar-refractivity contribution is 7.07. The first-order valence-electron chi connectivity index (χ1n) is 6.79. The van der Waals surface area contributed by atoms with Gasteiger partial charge in [-0.3, -0.25) is 9.69 Å². The van der Waals surface area contributed by atoms with E-state index in [-0.39, 0.29) is 23.0 Å². The van der Waals surface area contributed by atoms with Gasteiger partial charge >= 0.3 is 0 Å². The Kier molecular flexibility index (Phi) is 4.37. The van der Waals surface area contributed by atoms with Crippen molar-refractivity contribution in [3.8, 4) is 0 Å². The fourth-order valence-electron chi connectivity index (χ4n) is 2.79. The summed E-state index contributed by atoms with van der Waals surface area (Å²) in [6, 6.07) is 4.59. The lowest BCUT2D eigenvalue weighted by molar-refractivity contribution is 0.0931. The number of rotatable bonds is 3. The second-order valence-electron chi connectivity index (χ2n) is 5.25. The molecule has 8 heteroatoms. The molecule has 1 saturated heterocycles. The van der Waals surface area contributed by atoms with Gasteiger partial charge < -0.3 is 5.32 Å². The summed E-state index contributed by atoms with van der Waals surface area (Å²) < 4.78 is 17.4. The number of carbonyl (C=O) groups is 1. The van der Waals surface area contributed by atoms with E-state index in [1.54, 1.807) is 12.1 Å². The van der Waals surface area contributed by atoms with Crippen LogP contribution in [0.5, 0.6) is 0 Å². The van der Waals surface area contributed by atoms with E-state index < -0.39 is 5.82 Å². The number of carbonyl (C=O) groups excluding carboxylic acids is 1. The van der Waals surface area contributed by atoms with Crippen molar-refractivity contribution in [3.05, 3.63) is 45.7 Å². The summed E-state index contributed by atoms with van der Waals surface area (Å²) in [4.78, 5) is 14.7. The van der Waals surface area contributed by atoms with Crippen molar-refractivity contribution in [2.24, 2.45) is 0 Å². The third-order valence-corrected chi connectivity index (χ3v) is 4.81. The van der Waals surface area contributed by atoms with Gasteiger partial charge in [-0.15, -0.1) is 5.10 Å². The number of halogens is 2. The number of nitrogens with one attached hydrogen (secondary N) is 1. The summed E-state index contributed by atoms with van der Waals surface area (Å²) in [7, 11) is 1.96. The number of likely N-dealkylation sites (tertiary alicyclic amines) is 1. The summed E-state index contributed by atoms with van der Waals surface area (Å²) in [6.45, 7) is 0.820. The van der Waals surface area contributed by atoms with E-state index in [1.807, 2.05) is 7.05 Å². The Labute approximate surface area is 136 Å². The van der Waals surface area contributed by atoms with Crippen molar-refractivity contribution >= 4 is 29.0 Å². The quantitative estimate of drug-likeness (QED) is 0.932. The van der Waals surface area contributed by atoms with Crippen LogP contribution >= 0.6 is 23.1 Å². The van der Waals surface area contributed by atoms with Crippen LogP contribution in [0.2, 0.25) is 5.02 Å².